The highest BCUT2D eigenvalue weighted by Gasteiger charge is 2.15. The molecule has 5 heteroatoms. The summed E-state index contributed by atoms with van der Waals surface area (Å²) in [5, 5.41) is 6.29. The van der Waals surface area contributed by atoms with Crippen LogP contribution in [0.3, 0.4) is 0 Å². The second kappa shape index (κ2) is 8.80. The van der Waals surface area contributed by atoms with E-state index in [1.165, 1.54) is 11.1 Å². The Morgan fingerprint density at radius 3 is 2.37 bits per heavy atom. The summed E-state index contributed by atoms with van der Waals surface area (Å²) in [6.45, 7) is 10.6. The topological polar surface area (TPSA) is 59.6 Å². The number of amides is 1. The number of hydrogen-bond donors (Lipinski definition) is 2. The molecule has 0 unspecified atom stereocenters. The highest BCUT2D eigenvalue weighted by Crippen LogP contribution is 2.28. The van der Waals surface area contributed by atoms with E-state index < -0.39 is 0 Å². The molecule has 2 N–H and O–H groups in total. The molecule has 0 atom stereocenters. The monoisotopic (exact) mass is 370 g/mol. The Morgan fingerprint density at radius 1 is 1.00 bits per heavy atom. The first-order valence-corrected chi connectivity index (χ1v) is 9.10. The van der Waals surface area contributed by atoms with E-state index in [4.69, 9.17) is 9.47 Å². The second-order valence-corrected chi connectivity index (χ2v) is 7.72. The van der Waals surface area contributed by atoms with Crippen molar-refractivity contribution >= 4 is 11.6 Å². The van der Waals surface area contributed by atoms with E-state index in [2.05, 4.69) is 42.7 Å². The van der Waals surface area contributed by atoms with Gasteiger partial charge in [-0.2, -0.15) is 0 Å². The van der Waals surface area contributed by atoms with E-state index in [-0.39, 0.29) is 18.1 Å². The quantitative estimate of drug-likeness (QED) is 0.766. The molecule has 0 bridgehead atoms. The van der Waals surface area contributed by atoms with Crippen molar-refractivity contribution in [2.45, 2.75) is 46.7 Å². The summed E-state index contributed by atoms with van der Waals surface area (Å²) >= 11 is 0. The number of carbonyl (C=O) groups is 1. The van der Waals surface area contributed by atoms with Crippen LogP contribution in [0.4, 0.5) is 5.69 Å². The maximum atomic E-state index is 11.9. The van der Waals surface area contributed by atoms with Crippen molar-refractivity contribution in [1.82, 2.24) is 5.32 Å². The van der Waals surface area contributed by atoms with E-state index >= 15 is 0 Å². The molecule has 5 nitrogen and oxygen atoms in total. The predicted octanol–water partition coefficient (Wildman–Crippen LogP) is 4.22. The Bertz CT molecular complexity index is 795. The van der Waals surface area contributed by atoms with Gasteiger partial charge in [-0.05, 0) is 75.6 Å². The number of benzene rings is 2. The van der Waals surface area contributed by atoms with Crippen LogP contribution in [0.5, 0.6) is 11.5 Å². The third-order valence-electron chi connectivity index (χ3n) is 4.10. The molecule has 0 fully saturated rings. The molecule has 0 aliphatic carbocycles. The van der Waals surface area contributed by atoms with E-state index in [0.29, 0.717) is 18.0 Å². The Labute approximate surface area is 162 Å². The van der Waals surface area contributed by atoms with Crippen LogP contribution in [0, 0.1) is 13.8 Å². The molecule has 27 heavy (non-hydrogen) atoms. The number of ether oxygens (including phenoxy) is 2. The highest BCUT2D eigenvalue weighted by atomic mass is 16.5. The van der Waals surface area contributed by atoms with Gasteiger partial charge in [-0.25, -0.2) is 0 Å². The summed E-state index contributed by atoms with van der Waals surface area (Å²) in [5.74, 6) is 1.000. The summed E-state index contributed by atoms with van der Waals surface area (Å²) in [6.07, 6.45) is 0. The average Bonchev–Trinajstić information content (AvgIpc) is 2.59. The molecule has 0 radical (unpaired) electrons. The SMILES string of the molecule is COc1cc(CNc2ccc(C)c(C)c2)ccc1OCC(=O)NC(C)(C)C. The third-order valence-corrected chi connectivity index (χ3v) is 4.10. The van der Waals surface area contributed by atoms with Gasteiger partial charge in [-0.3, -0.25) is 4.79 Å². The molecular weight excluding hydrogens is 340 g/mol. The molecule has 2 aromatic carbocycles. The van der Waals surface area contributed by atoms with Crippen LogP contribution >= 0.6 is 0 Å². The minimum atomic E-state index is -0.283. The van der Waals surface area contributed by atoms with Crippen LogP contribution in [0.2, 0.25) is 0 Å². The average molecular weight is 370 g/mol. The molecule has 2 rings (SSSR count). The first-order valence-electron chi connectivity index (χ1n) is 9.10. The van der Waals surface area contributed by atoms with Crippen molar-refractivity contribution in [2.75, 3.05) is 19.0 Å². The molecule has 0 heterocycles. The lowest BCUT2D eigenvalue weighted by molar-refractivity contribution is -0.124. The molecule has 146 valence electrons. The van der Waals surface area contributed by atoms with Crippen LogP contribution in [-0.4, -0.2) is 25.2 Å². The molecule has 0 saturated carbocycles. The first kappa shape index (κ1) is 20.6. The van der Waals surface area contributed by atoms with Gasteiger partial charge >= 0.3 is 0 Å². The van der Waals surface area contributed by atoms with Crippen LogP contribution in [-0.2, 0) is 11.3 Å². The fourth-order valence-electron chi connectivity index (χ4n) is 2.59. The van der Waals surface area contributed by atoms with Gasteiger partial charge in [-0.15, -0.1) is 0 Å². The smallest absolute Gasteiger partial charge is 0.258 e. The Hall–Kier alpha value is -2.69. The van der Waals surface area contributed by atoms with Crippen LogP contribution < -0.4 is 20.1 Å². The molecular formula is C22H30N2O3. The van der Waals surface area contributed by atoms with Crippen molar-refractivity contribution in [2.24, 2.45) is 0 Å². The number of carbonyl (C=O) groups excluding carboxylic acids is 1. The van der Waals surface area contributed by atoms with Gasteiger partial charge in [0.25, 0.3) is 5.91 Å². The van der Waals surface area contributed by atoms with Crippen molar-refractivity contribution in [3.05, 3.63) is 53.1 Å². The molecule has 2 aromatic rings. The van der Waals surface area contributed by atoms with E-state index in [1.807, 2.05) is 39.0 Å². The van der Waals surface area contributed by atoms with Crippen molar-refractivity contribution < 1.29 is 14.3 Å². The summed E-state index contributed by atoms with van der Waals surface area (Å²) in [7, 11) is 1.60. The fourth-order valence-corrected chi connectivity index (χ4v) is 2.59. The van der Waals surface area contributed by atoms with Crippen LogP contribution in [0.15, 0.2) is 36.4 Å². The first-order chi connectivity index (χ1) is 12.7. The maximum absolute atomic E-state index is 11.9. The van der Waals surface area contributed by atoms with Gasteiger partial charge < -0.3 is 20.1 Å². The van der Waals surface area contributed by atoms with E-state index in [1.54, 1.807) is 7.11 Å². The number of nitrogens with one attached hydrogen (secondary N) is 2. The van der Waals surface area contributed by atoms with E-state index in [0.717, 1.165) is 11.3 Å². The normalized spacial score (nSPS) is 11.0. The maximum Gasteiger partial charge on any atom is 0.258 e. The largest absolute Gasteiger partial charge is 0.493 e. The second-order valence-electron chi connectivity index (χ2n) is 7.72. The Morgan fingerprint density at radius 2 is 1.74 bits per heavy atom. The zero-order valence-corrected chi connectivity index (χ0v) is 17.1. The Kier molecular flexibility index (Phi) is 6.72. The zero-order valence-electron chi connectivity index (χ0n) is 17.1. The number of methoxy groups -OCH3 is 1. The zero-order chi connectivity index (χ0) is 20.0. The van der Waals surface area contributed by atoms with E-state index in [9.17, 15) is 4.79 Å². The Balaban J connectivity index is 1.98. The number of hydrogen-bond acceptors (Lipinski definition) is 4. The molecule has 0 aliphatic rings. The summed E-state index contributed by atoms with van der Waals surface area (Å²) < 4.78 is 11.0. The van der Waals surface area contributed by atoms with Gasteiger partial charge in [0.15, 0.2) is 18.1 Å². The van der Waals surface area contributed by atoms with Gasteiger partial charge in [0.05, 0.1) is 7.11 Å². The summed E-state index contributed by atoms with van der Waals surface area (Å²) in [6, 6.07) is 12.0. The molecule has 0 aromatic heterocycles. The number of aryl methyl sites for hydroxylation is 2. The minimum Gasteiger partial charge on any atom is -0.493 e. The summed E-state index contributed by atoms with van der Waals surface area (Å²) in [4.78, 5) is 11.9. The predicted molar refractivity (Wildman–Crippen MR) is 110 cm³/mol. The standard InChI is InChI=1S/C22H30N2O3/c1-15-7-9-18(11-16(15)2)23-13-17-8-10-19(20(12-17)26-6)27-14-21(25)24-22(3,4)5/h7-12,23H,13-14H2,1-6H3,(H,24,25). The summed E-state index contributed by atoms with van der Waals surface area (Å²) in [5.41, 5.74) is 4.40. The molecule has 0 saturated heterocycles. The lowest BCUT2D eigenvalue weighted by Gasteiger charge is -2.20. The van der Waals surface area contributed by atoms with Gasteiger partial charge in [-0.1, -0.05) is 12.1 Å². The van der Waals surface area contributed by atoms with Crippen LogP contribution in [0.1, 0.15) is 37.5 Å². The van der Waals surface area contributed by atoms with Crippen molar-refractivity contribution in [3.8, 4) is 11.5 Å². The molecule has 0 aliphatic heterocycles. The number of anilines is 1. The van der Waals surface area contributed by atoms with Gasteiger partial charge in [0.1, 0.15) is 0 Å². The van der Waals surface area contributed by atoms with Gasteiger partial charge in [0, 0.05) is 17.8 Å². The fraction of sp³-hybridized carbons (Fsp3) is 0.409. The van der Waals surface area contributed by atoms with Crippen molar-refractivity contribution in [1.29, 1.82) is 0 Å². The lowest BCUT2D eigenvalue weighted by Crippen LogP contribution is -2.43. The lowest BCUT2D eigenvalue weighted by atomic mass is 10.1. The third kappa shape index (κ3) is 6.51. The van der Waals surface area contributed by atoms with Gasteiger partial charge in [0.2, 0.25) is 0 Å². The number of rotatable bonds is 7. The minimum absolute atomic E-state index is 0.0477. The van der Waals surface area contributed by atoms with Crippen LogP contribution in [0.25, 0.3) is 0 Å². The van der Waals surface area contributed by atoms with Crippen molar-refractivity contribution in [3.63, 3.8) is 0 Å². The molecule has 1 amide bonds. The molecule has 0 spiro atoms. The highest BCUT2D eigenvalue weighted by molar-refractivity contribution is 5.78.